The van der Waals surface area contributed by atoms with Gasteiger partial charge in [-0.1, -0.05) is 6.07 Å². The van der Waals surface area contributed by atoms with Crippen LogP contribution in [0, 0.1) is 5.92 Å². The van der Waals surface area contributed by atoms with Crippen molar-refractivity contribution in [1.82, 2.24) is 20.2 Å². The van der Waals surface area contributed by atoms with Crippen molar-refractivity contribution in [1.29, 1.82) is 0 Å². The van der Waals surface area contributed by atoms with E-state index >= 15 is 0 Å². The molecule has 1 atom stereocenters. The largest absolute Gasteiger partial charge is 0.352 e. The SMILES string of the molecule is C[C@H](NC(=O)Cn1cccc(C(=O)NCC2CC2)c1=O)c1ccccn1. The van der Waals surface area contributed by atoms with E-state index < -0.39 is 11.5 Å². The Kier molecular flexibility index (Phi) is 5.46. The van der Waals surface area contributed by atoms with Gasteiger partial charge in [0.15, 0.2) is 0 Å². The molecule has 0 aromatic carbocycles. The van der Waals surface area contributed by atoms with Gasteiger partial charge >= 0.3 is 0 Å². The zero-order chi connectivity index (χ0) is 18.5. The molecule has 1 saturated carbocycles. The molecule has 3 rings (SSSR count). The predicted octanol–water partition coefficient (Wildman–Crippen LogP) is 1.26. The summed E-state index contributed by atoms with van der Waals surface area (Å²) in [6.07, 6.45) is 5.40. The number of pyridine rings is 2. The van der Waals surface area contributed by atoms with Crippen LogP contribution in [0.2, 0.25) is 0 Å². The van der Waals surface area contributed by atoms with Crippen LogP contribution in [0.1, 0.15) is 41.9 Å². The van der Waals surface area contributed by atoms with Gasteiger partial charge in [0, 0.05) is 18.9 Å². The molecule has 2 N–H and O–H groups in total. The normalized spacial score (nSPS) is 14.5. The van der Waals surface area contributed by atoms with E-state index in [-0.39, 0.29) is 24.1 Å². The van der Waals surface area contributed by atoms with Crippen molar-refractivity contribution in [3.8, 4) is 0 Å². The Bertz CT molecular complexity index is 843. The summed E-state index contributed by atoms with van der Waals surface area (Å²) in [5, 5.41) is 5.58. The molecule has 2 aromatic rings. The summed E-state index contributed by atoms with van der Waals surface area (Å²) in [4.78, 5) is 41.1. The van der Waals surface area contributed by atoms with Crippen LogP contribution in [0.3, 0.4) is 0 Å². The number of nitrogens with zero attached hydrogens (tertiary/aromatic N) is 2. The minimum Gasteiger partial charge on any atom is -0.352 e. The van der Waals surface area contributed by atoms with Gasteiger partial charge in [-0.3, -0.25) is 19.4 Å². The van der Waals surface area contributed by atoms with Crippen molar-refractivity contribution in [2.75, 3.05) is 6.54 Å². The summed E-state index contributed by atoms with van der Waals surface area (Å²) in [5.74, 6) is -0.178. The molecule has 0 aliphatic heterocycles. The molecule has 1 aliphatic rings. The lowest BCUT2D eigenvalue weighted by Gasteiger charge is -2.14. The van der Waals surface area contributed by atoms with E-state index in [1.807, 2.05) is 19.1 Å². The molecule has 0 radical (unpaired) electrons. The van der Waals surface area contributed by atoms with Crippen LogP contribution in [0.25, 0.3) is 0 Å². The fraction of sp³-hybridized carbons (Fsp3) is 0.368. The molecule has 26 heavy (non-hydrogen) atoms. The zero-order valence-corrected chi connectivity index (χ0v) is 14.6. The summed E-state index contributed by atoms with van der Waals surface area (Å²) in [6.45, 7) is 2.26. The maximum absolute atomic E-state index is 12.5. The van der Waals surface area contributed by atoms with E-state index in [1.165, 1.54) is 16.8 Å². The van der Waals surface area contributed by atoms with Crippen LogP contribution in [0.5, 0.6) is 0 Å². The second-order valence-electron chi connectivity index (χ2n) is 6.55. The van der Waals surface area contributed by atoms with Crippen LogP contribution >= 0.6 is 0 Å². The van der Waals surface area contributed by atoms with Gasteiger partial charge in [0.25, 0.3) is 11.5 Å². The lowest BCUT2D eigenvalue weighted by Crippen LogP contribution is -2.37. The smallest absolute Gasteiger partial charge is 0.263 e. The van der Waals surface area contributed by atoms with Crippen molar-refractivity contribution in [3.05, 3.63) is 64.3 Å². The molecule has 2 heterocycles. The average Bonchev–Trinajstić information content (AvgIpc) is 3.46. The van der Waals surface area contributed by atoms with Crippen LogP contribution < -0.4 is 16.2 Å². The molecule has 1 fully saturated rings. The first-order valence-corrected chi connectivity index (χ1v) is 8.72. The van der Waals surface area contributed by atoms with Crippen LogP contribution in [0.4, 0.5) is 0 Å². The third-order valence-corrected chi connectivity index (χ3v) is 4.34. The maximum Gasteiger partial charge on any atom is 0.263 e. The monoisotopic (exact) mass is 354 g/mol. The van der Waals surface area contributed by atoms with Gasteiger partial charge in [0.2, 0.25) is 5.91 Å². The summed E-state index contributed by atoms with van der Waals surface area (Å²) in [6, 6.07) is 8.28. The van der Waals surface area contributed by atoms with Crippen molar-refractivity contribution in [2.24, 2.45) is 5.92 Å². The van der Waals surface area contributed by atoms with Gasteiger partial charge in [0.1, 0.15) is 12.1 Å². The Morgan fingerprint density at radius 3 is 2.77 bits per heavy atom. The molecule has 1 aliphatic carbocycles. The number of hydrogen-bond donors (Lipinski definition) is 2. The van der Waals surface area contributed by atoms with E-state index in [0.717, 1.165) is 18.5 Å². The summed E-state index contributed by atoms with van der Waals surface area (Å²) in [5.41, 5.74) is 0.321. The molecule has 7 heteroatoms. The Morgan fingerprint density at radius 1 is 1.27 bits per heavy atom. The predicted molar refractivity (Wildman–Crippen MR) is 96.6 cm³/mol. The second-order valence-corrected chi connectivity index (χ2v) is 6.55. The average molecular weight is 354 g/mol. The first-order valence-electron chi connectivity index (χ1n) is 8.72. The lowest BCUT2D eigenvalue weighted by atomic mass is 10.2. The Balaban J connectivity index is 1.63. The van der Waals surface area contributed by atoms with Crippen molar-refractivity contribution in [2.45, 2.75) is 32.4 Å². The van der Waals surface area contributed by atoms with Gasteiger partial charge in [-0.15, -0.1) is 0 Å². The Morgan fingerprint density at radius 2 is 2.08 bits per heavy atom. The van der Waals surface area contributed by atoms with Crippen molar-refractivity contribution in [3.63, 3.8) is 0 Å². The first kappa shape index (κ1) is 17.8. The Hall–Kier alpha value is -2.96. The van der Waals surface area contributed by atoms with Gasteiger partial charge in [-0.2, -0.15) is 0 Å². The molecule has 7 nitrogen and oxygen atoms in total. The van der Waals surface area contributed by atoms with Gasteiger partial charge in [0.05, 0.1) is 11.7 Å². The van der Waals surface area contributed by atoms with E-state index in [1.54, 1.807) is 18.3 Å². The molecule has 0 bridgehead atoms. The molecule has 136 valence electrons. The molecule has 0 saturated heterocycles. The van der Waals surface area contributed by atoms with E-state index in [4.69, 9.17) is 0 Å². The van der Waals surface area contributed by atoms with Gasteiger partial charge < -0.3 is 15.2 Å². The maximum atomic E-state index is 12.5. The number of rotatable bonds is 7. The molecule has 0 unspecified atom stereocenters. The summed E-state index contributed by atoms with van der Waals surface area (Å²) >= 11 is 0. The summed E-state index contributed by atoms with van der Waals surface area (Å²) in [7, 11) is 0. The molecule has 2 amide bonds. The third kappa shape index (κ3) is 4.56. The number of carbonyl (C=O) groups excluding carboxylic acids is 2. The zero-order valence-electron chi connectivity index (χ0n) is 14.6. The van der Waals surface area contributed by atoms with Crippen LogP contribution in [-0.4, -0.2) is 27.9 Å². The van der Waals surface area contributed by atoms with Gasteiger partial charge in [-0.25, -0.2) is 0 Å². The highest BCUT2D eigenvalue weighted by Gasteiger charge is 2.23. The highest BCUT2D eigenvalue weighted by Crippen LogP contribution is 2.27. The molecular weight excluding hydrogens is 332 g/mol. The molecular formula is C19H22N4O3. The molecule has 2 aromatic heterocycles. The second kappa shape index (κ2) is 7.95. The number of aromatic nitrogens is 2. The molecule has 0 spiro atoms. The fourth-order valence-electron chi connectivity index (χ4n) is 2.64. The topological polar surface area (TPSA) is 93.1 Å². The minimum absolute atomic E-state index is 0.0544. The number of carbonyl (C=O) groups is 2. The number of nitrogens with one attached hydrogen (secondary N) is 2. The quantitative estimate of drug-likeness (QED) is 0.783. The number of hydrogen-bond acceptors (Lipinski definition) is 4. The first-order chi connectivity index (χ1) is 12.5. The van der Waals surface area contributed by atoms with E-state index in [9.17, 15) is 14.4 Å². The van der Waals surface area contributed by atoms with E-state index in [0.29, 0.717) is 12.5 Å². The lowest BCUT2D eigenvalue weighted by molar-refractivity contribution is -0.122. The minimum atomic E-state index is -0.471. The Labute approximate surface area is 151 Å². The van der Waals surface area contributed by atoms with E-state index in [2.05, 4.69) is 15.6 Å². The van der Waals surface area contributed by atoms with Crippen molar-refractivity contribution < 1.29 is 9.59 Å². The van der Waals surface area contributed by atoms with Crippen LogP contribution in [0.15, 0.2) is 47.5 Å². The fourth-order valence-corrected chi connectivity index (χ4v) is 2.64. The highest BCUT2D eigenvalue weighted by molar-refractivity contribution is 5.93. The highest BCUT2D eigenvalue weighted by atomic mass is 16.2. The van der Waals surface area contributed by atoms with Gasteiger partial charge in [-0.05, 0) is 49.9 Å². The van der Waals surface area contributed by atoms with Crippen LogP contribution in [-0.2, 0) is 11.3 Å². The standard InChI is InChI=1S/C19H22N4O3/c1-13(16-6-2-3-9-20-16)22-17(24)12-23-10-4-5-15(19(23)26)18(25)21-11-14-7-8-14/h2-6,9-10,13-14H,7-8,11-12H2,1H3,(H,21,25)(H,22,24)/t13-/m0/s1. The number of amides is 2. The summed E-state index contributed by atoms with van der Waals surface area (Å²) < 4.78 is 1.24. The van der Waals surface area contributed by atoms with Crippen molar-refractivity contribution >= 4 is 11.8 Å². The third-order valence-electron chi connectivity index (χ3n) is 4.34.